The predicted octanol–water partition coefficient (Wildman–Crippen LogP) is 0.914. The SMILES string of the molecule is C=CCOCCC(=O)C(=O)Cl. The van der Waals surface area contributed by atoms with E-state index in [0.717, 1.165) is 0 Å². The lowest BCUT2D eigenvalue weighted by Crippen LogP contribution is -2.10. The lowest BCUT2D eigenvalue weighted by atomic mass is 10.3. The smallest absolute Gasteiger partial charge is 0.288 e. The fraction of sp³-hybridized carbons (Fsp3) is 0.429. The lowest BCUT2D eigenvalue weighted by molar-refractivity contribution is -0.132. The number of carbonyl (C=O) groups is 2. The first-order valence-corrected chi connectivity index (χ1v) is 3.47. The third-order valence-electron chi connectivity index (χ3n) is 0.928. The van der Waals surface area contributed by atoms with Gasteiger partial charge in [-0.1, -0.05) is 6.08 Å². The van der Waals surface area contributed by atoms with E-state index < -0.39 is 11.0 Å². The second-order valence-electron chi connectivity index (χ2n) is 1.81. The second-order valence-corrected chi connectivity index (χ2v) is 2.15. The van der Waals surface area contributed by atoms with Crippen LogP contribution in [0.5, 0.6) is 0 Å². The molecule has 4 heteroatoms. The molecular weight excluding hydrogens is 168 g/mol. The van der Waals surface area contributed by atoms with Crippen molar-refractivity contribution in [2.24, 2.45) is 0 Å². The first-order valence-electron chi connectivity index (χ1n) is 3.09. The van der Waals surface area contributed by atoms with E-state index in [0.29, 0.717) is 6.61 Å². The average molecular weight is 177 g/mol. The van der Waals surface area contributed by atoms with Gasteiger partial charge < -0.3 is 4.74 Å². The first-order chi connectivity index (χ1) is 5.18. The minimum absolute atomic E-state index is 0.0379. The van der Waals surface area contributed by atoms with Crippen LogP contribution >= 0.6 is 11.6 Å². The number of ether oxygens (including phenoxy) is 1. The summed E-state index contributed by atoms with van der Waals surface area (Å²) in [5.41, 5.74) is 0. The minimum atomic E-state index is -0.938. The summed E-state index contributed by atoms with van der Waals surface area (Å²) in [6.07, 6.45) is 1.60. The summed E-state index contributed by atoms with van der Waals surface area (Å²) in [7, 11) is 0. The Morgan fingerprint density at radius 3 is 2.64 bits per heavy atom. The van der Waals surface area contributed by atoms with Crippen molar-refractivity contribution < 1.29 is 14.3 Å². The second kappa shape index (κ2) is 6.07. The highest BCUT2D eigenvalue weighted by Gasteiger charge is 2.08. The fourth-order valence-corrected chi connectivity index (χ4v) is 0.524. The molecule has 0 heterocycles. The molecule has 0 radical (unpaired) electrons. The summed E-state index contributed by atoms with van der Waals surface area (Å²) in [5, 5.41) is -0.938. The molecule has 3 nitrogen and oxygen atoms in total. The van der Waals surface area contributed by atoms with Crippen molar-refractivity contribution in [1.82, 2.24) is 0 Å². The van der Waals surface area contributed by atoms with Crippen molar-refractivity contribution in [3.63, 3.8) is 0 Å². The Balaban J connectivity index is 3.31. The molecule has 0 bridgehead atoms. The van der Waals surface area contributed by atoms with Gasteiger partial charge in [0.05, 0.1) is 13.2 Å². The zero-order chi connectivity index (χ0) is 8.69. The Morgan fingerprint density at radius 1 is 1.55 bits per heavy atom. The van der Waals surface area contributed by atoms with Crippen LogP contribution in [0.2, 0.25) is 0 Å². The van der Waals surface area contributed by atoms with Crippen LogP contribution in [0.3, 0.4) is 0 Å². The van der Waals surface area contributed by atoms with Crippen LogP contribution in [0, 0.1) is 0 Å². The molecule has 0 rings (SSSR count). The average Bonchev–Trinajstić information content (AvgIpc) is 1.97. The molecule has 62 valence electrons. The lowest BCUT2D eigenvalue weighted by Gasteiger charge is -1.96. The van der Waals surface area contributed by atoms with Crippen LogP contribution in [0.25, 0.3) is 0 Å². The van der Waals surface area contributed by atoms with Crippen molar-refractivity contribution in [2.75, 3.05) is 13.2 Å². The molecule has 0 atom stereocenters. The largest absolute Gasteiger partial charge is 0.377 e. The van der Waals surface area contributed by atoms with E-state index >= 15 is 0 Å². The highest BCUT2D eigenvalue weighted by atomic mass is 35.5. The molecule has 0 aromatic rings. The van der Waals surface area contributed by atoms with Crippen molar-refractivity contribution in [3.05, 3.63) is 12.7 Å². The summed E-state index contributed by atoms with van der Waals surface area (Å²) < 4.78 is 4.85. The van der Waals surface area contributed by atoms with Gasteiger partial charge in [0.25, 0.3) is 5.24 Å². The molecule has 0 saturated heterocycles. The standard InChI is InChI=1S/C7H9ClO3/c1-2-4-11-5-3-6(9)7(8)10/h2H,1,3-5H2. The molecule has 0 saturated carbocycles. The molecule has 0 aromatic heterocycles. The van der Waals surface area contributed by atoms with E-state index in [1.165, 1.54) is 0 Å². The van der Waals surface area contributed by atoms with Crippen LogP contribution in [0.1, 0.15) is 6.42 Å². The number of ketones is 1. The van der Waals surface area contributed by atoms with Crippen molar-refractivity contribution in [3.8, 4) is 0 Å². The maximum atomic E-state index is 10.5. The summed E-state index contributed by atoms with van der Waals surface area (Å²) in [6.45, 7) is 4.00. The molecule has 0 aliphatic heterocycles. The summed E-state index contributed by atoms with van der Waals surface area (Å²) in [4.78, 5) is 20.7. The van der Waals surface area contributed by atoms with Crippen molar-refractivity contribution in [2.45, 2.75) is 6.42 Å². The number of hydrogen-bond acceptors (Lipinski definition) is 3. The van der Waals surface area contributed by atoms with Gasteiger partial charge in [0.2, 0.25) is 5.78 Å². The minimum Gasteiger partial charge on any atom is -0.377 e. The van der Waals surface area contributed by atoms with E-state index in [4.69, 9.17) is 16.3 Å². The first kappa shape index (κ1) is 10.3. The number of Topliss-reactive ketones (excluding diaryl/α,β-unsaturated/α-hetero) is 1. The zero-order valence-corrected chi connectivity index (χ0v) is 6.76. The highest BCUT2D eigenvalue weighted by Crippen LogP contribution is 1.90. The van der Waals surface area contributed by atoms with Gasteiger partial charge in [-0.25, -0.2) is 0 Å². The normalized spacial score (nSPS) is 9.18. The van der Waals surface area contributed by atoms with Gasteiger partial charge in [-0.2, -0.15) is 0 Å². The Morgan fingerprint density at radius 2 is 2.18 bits per heavy atom. The molecule has 0 unspecified atom stereocenters. The molecule has 0 fully saturated rings. The molecule has 11 heavy (non-hydrogen) atoms. The van der Waals surface area contributed by atoms with E-state index in [2.05, 4.69) is 6.58 Å². The number of carbonyl (C=O) groups excluding carboxylic acids is 2. The highest BCUT2D eigenvalue weighted by molar-refractivity contribution is 6.81. The van der Waals surface area contributed by atoms with Gasteiger partial charge in [0.15, 0.2) is 0 Å². The molecule has 0 amide bonds. The molecule has 0 aliphatic carbocycles. The monoisotopic (exact) mass is 176 g/mol. The molecule has 0 N–H and O–H groups in total. The van der Waals surface area contributed by atoms with Gasteiger partial charge >= 0.3 is 0 Å². The maximum Gasteiger partial charge on any atom is 0.288 e. The van der Waals surface area contributed by atoms with E-state index in [9.17, 15) is 9.59 Å². The van der Waals surface area contributed by atoms with Crippen LogP contribution in [0.15, 0.2) is 12.7 Å². The van der Waals surface area contributed by atoms with Gasteiger partial charge in [0, 0.05) is 6.42 Å². The molecule has 0 aromatic carbocycles. The van der Waals surface area contributed by atoms with Crippen LogP contribution in [0.4, 0.5) is 0 Å². The van der Waals surface area contributed by atoms with Gasteiger partial charge in [0.1, 0.15) is 0 Å². The van der Waals surface area contributed by atoms with Crippen LogP contribution in [-0.2, 0) is 14.3 Å². The zero-order valence-electron chi connectivity index (χ0n) is 6.01. The Labute approximate surface area is 70.0 Å². The number of rotatable bonds is 6. The Bertz CT molecular complexity index is 165. The van der Waals surface area contributed by atoms with Crippen molar-refractivity contribution in [1.29, 1.82) is 0 Å². The number of halogens is 1. The van der Waals surface area contributed by atoms with Crippen LogP contribution < -0.4 is 0 Å². The van der Waals surface area contributed by atoms with Gasteiger partial charge in [-0.05, 0) is 11.6 Å². The molecule has 0 aliphatic rings. The van der Waals surface area contributed by atoms with E-state index in [1.54, 1.807) is 6.08 Å². The number of hydrogen-bond donors (Lipinski definition) is 0. The predicted molar refractivity (Wildman–Crippen MR) is 41.5 cm³/mol. The summed E-state index contributed by atoms with van der Waals surface area (Å²) in [5.74, 6) is -0.615. The summed E-state index contributed by atoms with van der Waals surface area (Å²) >= 11 is 4.88. The Hall–Kier alpha value is -0.670. The molecular formula is C7H9ClO3. The fourth-order valence-electron chi connectivity index (χ4n) is 0.430. The van der Waals surface area contributed by atoms with Gasteiger partial charge in [-0.3, -0.25) is 9.59 Å². The third kappa shape index (κ3) is 5.76. The summed E-state index contributed by atoms with van der Waals surface area (Å²) in [6, 6.07) is 0. The van der Waals surface area contributed by atoms with Crippen molar-refractivity contribution >= 4 is 22.6 Å². The van der Waals surface area contributed by atoms with Crippen LogP contribution in [-0.4, -0.2) is 24.2 Å². The Kier molecular flexibility index (Phi) is 5.70. The van der Waals surface area contributed by atoms with Gasteiger partial charge in [-0.15, -0.1) is 6.58 Å². The quantitative estimate of drug-likeness (QED) is 0.262. The van der Waals surface area contributed by atoms with E-state index in [1.807, 2.05) is 0 Å². The van der Waals surface area contributed by atoms with E-state index in [-0.39, 0.29) is 13.0 Å². The molecule has 0 spiro atoms. The topological polar surface area (TPSA) is 43.4 Å². The third-order valence-corrected chi connectivity index (χ3v) is 1.14. The maximum absolute atomic E-state index is 10.5.